The van der Waals surface area contributed by atoms with Crippen molar-refractivity contribution in [3.8, 4) is 16.8 Å². The summed E-state index contributed by atoms with van der Waals surface area (Å²) in [6, 6.07) is 7.61. The zero-order valence-corrected chi connectivity index (χ0v) is 29.3. The summed E-state index contributed by atoms with van der Waals surface area (Å²) in [5.41, 5.74) is 1.78. The second-order valence-corrected chi connectivity index (χ2v) is 14.0. The molecule has 1 aliphatic heterocycles. The van der Waals surface area contributed by atoms with Crippen molar-refractivity contribution >= 4 is 18.0 Å². The van der Waals surface area contributed by atoms with Crippen LogP contribution in [0.1, 0.15) is 69.6 Å². The van der Waals surface area contributed by atoms with E-state index >= 15 is 4.39 Å². The van der Waals surface area contributed by atoms with Gasteiger partial charge >= 0.3 is 18.8 Å². The summed E-state index contributed by atoms with van der Waals surface area (Å²) in [4.78, 5) is 36.6. The first-order valence-corrected chi connectivity index (χ1v) is 16.5. The molecule has 6 rings (SSSR count). The molecular formula is C35H33F8N9O3. The van der Waals surface area contributed by atoms with E-state index in [0.717, 1.165) is 29.6 Å². The minimum Gasteiger partial charge on any atom is -0.447 e. The summed E-state index contributed by atoms with van der Waals surface area (Å²) < 4.78 is 116. The van der Waals surface area contributed by atoms with E-state index in [1.807, 2.05) is 5.32 Å². The maximum atomic E-state index is 15.8. The average molecular weight is 780 g/mol. The first kappa shape index (κ1) is 38.9. The van der Waals surface area contributed by atoms with Gasteiger partial charge in [-0.15, -0.1) is 0 Å². The summed E-state index contributed by atoms with van der Waals surface area (Å²) >= 11 is 0. The summed E-state index contributed by atoms with van der Waals surface area (Å²) in [6.45, 7) is 5.67. The van der Waals surface area contributed by atoms with Gasteiger partial charge in [0.15, 0.2) is 11.4 Å². The maximum Gasteiger partial charge on any atom is 0.411 e. The molecule has 0 bridgehead atoms. The van der Waals surface area contributed by atoms with Crippen LogP contribution in [0.15, 0.2) is 78.3 Å². The molecule has 2 aromatic carbocycles. The molecule has 292 valence electrons. The van der Waals surface area contributed by atoms with Crippen molar-refractivity contribution in [1.29, 1.82) is 0 Å². The standard InChI is InChI=1S/C35H33F8N9O3/c1-18(32(2,3)4)34(22-8-5-19(6-9-22)21-14-46-50(15-21)29(39)40)28(53)51(30(44)48-34)25(16-55-31(54)49-33(11-12-33)35(41,42)43)20-7-10-24(23(36)13-20)52-27(26(37)38)45-17-47-52/h5-10,13-15,17,25-26,29H,1,11-12,16H2,2-4H3,(H2,44,48)(H,49,54)/t25-,34-/m1/s1. The van der Waals surface area contributed by atoms with Crippen LogP contribution in [-0.2, 0) is 15.1 Å². The molecule has 2 aromatic heterocycles. The molecule has 1 fully saturated rings. The van der Waals surface area contributed by atoms with Crippen molar-refractivity contribution in [3.63, 3.8) is 0 Å². The van der Waals surface area contributed by atoms with Crippen molar-refractivity contribution in [1.82, 2.24) is 34.8 Å². The number of aliphatic imine (C=N–C) groups is 1. The number of ether oxygens (including phenoxy) is 1. The van der Waals surface area contributed by atoms with Gasteiger partial charge in [-0.1, -0.05) is 57.7 Å². The Hall–Kier alpha value is -5.82. The van der Waals surface area contributed by atoms with Crippen molar-refractivity contribution in [2.75, 3.05) is 6.61 Å². The minimum atomic E-state index is -4.78. The number of guanidine groups is 1. The summed E-state index contributed by atoms with van der Waals surface area (Å²) in [5.74, 6) is -3.34. The number of hydrogen-bond donors (Lipinski definition) is 2. The topological polar surface area (TPSA) is 146 Å². The average Bonchev–Trinajstić information content (AvgIpc) is 3.42. The quantitative estimate of drug-likeness (QED) is 0.122. The fraction of sp³-hybridized carbons (Fsp3) is 0.371. The van der Waals surface area contributed by atoms with Crippen molar-refractivity contribution in [2.24, 2.45) is 16.1 Å². The third-order valence-corrected chi connectivity index (χ3v) is 9.51. The van der Waals surface area contributed by atoms with Gasteiger partial charge in [0.05, 0.1) is 12.2 Å². The van der Waals surface area contributed by atoms with Crippen LogP contribution >= 0.6 is 0 Å². The van der Waals surface area contributed by atoms with Gasteiger partial charge in [0.1, 0.15) is 30.0 Å². The molecule has 12 nitrogen and oxygen atoms in total. The second kappa shape index (κ2) is 13.8. The number of amides is 2. The van der Waals surface area contributed by atoms with Crippen molar-refractivity contribution < 1.29 is 49.4 Å². The molecular weight excluding hydrogens is 746 g/mol. The number of hydrogen-bond acceptors (Lipinski definition) is 8. The highest BCUT2D eigenvalue weighted by Gasteiger charge is 2.65. The van der Waals surface area contributed by atoms with E-state index in [1.165, 1.54) is 36.5 Å². The van der Waals surface area contributed by atoms with Gasteiger partial charge in [0.2, 0.25) is 5.96 Å². The van der Waals surface area contributed by atoms with Crippen molar-refractivity contribution in [2.45, 2.75) is 69.9 Å². The van der Waals surface area contributed by atoms with Crippen LogP contribution in [0.2, 0.25) is 0 Å². The van der Waals surface area contributed by atoms with Gasteiger partial charge in [-0.05, 0) is 52.7 Å². The molecule has 1 saturated carbocycles. The van der Waals surface area contributed by atoms with E-state index < -0.39 is 83.6 Å². The van der Waals surface area contributed by atoms with Crippen LogP contribution in [0.3, 0.4) is 0 Å². The number of aromatic nitrogens is 5. The maximum absolute atomic E-state index is 15.8. The minimum absolute atomic E-state index is 0.125. The lowest BCUT2D eigenvalue weighted by molar-refractivity contribution is -0.164. The molecule has 2 aliphatic rings. The number of carbonyl (C=O) groups is 2. The Bertz CT molecular complexity index is 2150. The highest BCUT2D eigenvalue weighted by atomic mass is 19.4. The largest absolute Gasteiger partial charge is 0.447 e. The number of carbonyl (C=O) groups excluding carboxylic acids is 2. The van der Waals surface area contributed by atoms with E-state index in [9.17, 15) is 40.3 Å². The Morgan fingerprint density at radius 1 is 1.04 bits per heavy atom. The molecule has 55 heavy (non-hydrogen) atoms. The molecule has 20 heteroatoms. The number of nitrogens with two attached hydrogens (primary N) is 1. The van der Waals surface area contributed by atoms with Gasteiger partial charge in [0.25, 0.3) is 12.3 Å². The summed E-state index contributed by atoms with van der Waals surface area (Å²) in [6.07, 6.45) is -7.02. The second-order valence-electron chi connectivity index (χ2n) is 14.0. The molecule has 1 aliphatic carbocycles. The normalized spacial score (nSPS) is 18.8. The Morgan fingerprint density at radius 2 is 1.71 bits per heavy atom. The molecule has 2 atom stereocenters. The first-order valence-electron chi connectivity index (χ1n) is 16.5. The molecule has 0 saturated heterocycles. The number of halogens is 8. The SMILES string of the molecule is C=C(C(C)(C)C)[C@]1(c2ccc(-c3cnn(C(F)F)c3)cc2)N=C(N)N([C@H](COC(=O)NC2(C(F)(F)F)CC2)c2ccc(-n3ncnc3C(F)F)c(F)c2)C1=O. The summed E-state index contributed by atoms with van der Waals surface area (Å²) in [5, 5.41) is 9.11. The van der Waals surface area contributed by atoms with Crippen LogP contribution in [0, 0.1) is 11.2 Å². The van der Waals surface area contributed by atoms with Gasteiger partial charge in [-0.2, -0.15) is 32.1 Å². The fourth-order valence-electron chi connectivity index (χ4n) is 6.25. The number of nitrogens with one attached hydrogen (secondary N) is 1. The smallest absolute Gasteiger partial charge is 0.411 e. The van der Waals surface area contributed by atoms with Crippen molar-refractivity contribution in [3.05, 3.63) is 96.1 Å². The molecule has 0 spiro atoms. The predicted octanol–water partition coefficient (Wildman–Crippen LogP) is 7.12. The Labute approximate surface area is 307 Å². The molecule has 4 aromatic rings. The van der Waals surface area contributed by atoms with E-state index in [-0.39, 0.29) is 29.5 Å². The van der Waals surface area contributed by atoms with E-state index in [2.05, 4.69) is 26.8 Å². The molecule has 0 unspecified atom stereocenters. The molecule has 3 heterocycles. The number of rotatable bonds is 11. The predicted molar refractivity (Wildman–Crippen MR) is 179 cm³/mol. The van der Waals surface area contributed by atoms with Gasteiger partial charge < -0.3 is 15.8 Å². The van der Waals surface area contributed by atoms with Gasteiger partial charge in [0, 0.05) is 11.8 Å². The van der Waals surface area contributed by atoms with Crippen LogP contribution in [0.25, 0.3) is 16.8 Å². The summed E-state index contributed by atoms with van der Waals surface area (Å²) in [7, 11) is 0. The van der Waals surface area contributed by atoms with E-state index in [4.69, 9.17) is 10.5 Å². The number of alkyl carbamates (subject to hydrolysis) is 1. The Kier molecular flexibility index (Phi) is 9.75. The lowest BCUT2D eigenvalue weighted by Crippen LogP contribution is -2.50. The lowest BCUT2D eigenvalue weighted by Gasteiger charge is -2.37. The van der Waals surface area contributed by atoms with Gasteiger partial charge in [-0.3, -0.25) is 9.69 Å². The van der Waals surface area contributed by atoms with Crippen LogP contribution < -0.4 is 11.1 Å². The molecule has 2 amide bonds. The highest BCUT2D eigenvalue weighted by Crippen LogP contribution is 2.50. The van der Waals surface area contributed by atoms with E-state index in [0.29, 0.717) is 20.5 Å². The zero-order valence-electron chi connectivity index (χ0n) is 29.3. The van der Waals surface area contributed by atoms with Gasteiger partial charge in [-0.25, -0.2) is 37.3 Å². The van der Waals surface area contributed by atoms with Crippen LogP contribution in [0.5, 0.6) is 0 Å². The Morgan fingerprint density at radius 3 is 2.25 bits per heavy atom. The van der Waals surface area contributed by atoms with Crippen LogP contribution in [-0.4, -0.2) is 65.7 Å². The third kappa shape index (κ3) is 7.00. The molecule has 0 radical (unpaired) electrons. The number of nitrogens with zero attached hydrogens (tertiary/aromatic N) is 7. The molecule has 3 N–H and O–H groups in total. The van der Waals surface area contributed by atoms with Crippen LogP contribution in [0.4, 0.5) is 39.9 Å². The zero-order chi connectivity index (χ0) is 40.2. The Balaban J connectivity index is 1.40. The lowest BCUT2D eigenvalue weighted by atomic mass is 9.71. The number of alkyl halides is 7. The fourth-order valence-corrected chi connectivity index (χ4v) is 6.25. The first-order chi connectivity index (χ1) is 25.7. The van der Waals surface area contributed by atoms with E-state index in [1.54, 1.807) is 20.8 Å². The highest BCUT2D eigenvalue weighted by molar-refractivity contribution is 6.09. The monoisotopic (exact) mass is 779 g/mol. The number of benzene rings is 2. The third-order valence-electron chi connectivity index (χ3n) is 9.51.